The van der Waals surface area contributed by atoms with Gasteiger partial charge in [-0.2, -0.15) is 0 Å². The molecule has 0 unspecified atom stereocenters. The molecule has 5 nitrogen and oxygen atoms in total. The van der Waals surface area contributed by atoms with E-state index in [0.29, 0.717) is 10.8 Å². The molecule has 0 aliphatic heterocycles. The molecule has 1 amide bonds. The molecule has 0 bridgehead atoms. The number of methoxy groups -OCH3 is 1. The summed E-state index contributed by atoms with van der Waals surface area (Å²) in [5, 5.41) is 2.24. The lowest BCUT2D eigenvalue weighted by Crippen LogP contribution is -2.29. The molecular weight excluding hydrogens is 282 g/mol. The van der Waals surface area contributed by atoms with Crippen LogP contribution < -0.4 is 16.0 Å². The minimum absolute atomic E-state index is 0.356. The predicted molar refractivity (Wildman–Crippen MR) is 76.3 cm³/mol. The first-order chi connectivity index (χ1) is 9.22. The SMILES string of the molecule is COc1ccc(SCc2csc(C(=O)NN)n2)cc1. The molecule has 1 aromatic carbocycles. The molecule has 0 radical (unpaired) electrons. The second-order valence-corrected chi connectivity index (χ2v) is 5.49. The molecule has 19 heavy (non-hydrogen) atoms. The van der Waals surface area contributed by atoms with Crippen molar-refractivity contribution in [1.29, 1.82) is 0 Å². The molecule has 0 saturated carbocycles. The van der Waals surface area contributed by atoms with E-state index in [-0.39, 0.29) is 5.91 Å². The van der Waals surface area contributed by atoms with Crippen LogP contribution in [0.5, 0.6) is 5.75 Å². The Labute approximate surface area is 119 Å². The summed E-state index contributed by atoms with van der Waals surface area (Å²) < 4.78 is 5.10. The normalized spacial score (nSPS) is 10.2. The molecule has 100 valence electrons. The summed E-state index contributed by atoms with van der Waals surface area (Å²) in [6, 6.07) is 7.81. The van der Waals surface area contributed by atoms with Gasteiger partial charge in [-0.15, -0.1) is 23.1 Å². The number of ether oxygens (including phenoxy) is 1. The Morgan fingerprint density at radius 1 is 1.47 bits per heavy atom. The summed E-state index contributed by atoms with van der Waals surface area (Å²) in [5.74, 6) is 6.24. The number of carbonyl (C=O) groups excluding carboxylic acids is 1. The molecular formula is C12H13N3O2S2. The van der Waals surface area contributed by atoms with Gasteiger partial charge in [-0.05, 0) is 24.3 Å². The van der Waals surface area contributed by atoms with E-state index in [0.717, 1.165) is 16.3 Å². The van der Waals surface area contributed by atoms with Gasteiger partial charge in [0.25, 0.3) is 5.91 Å². The number of hydrogen-bond acceptors (Lipinski definition) is 6. The van der Waals surface area contributed by atoms with Crippen LogP contribution in [0.3, 0.4) is 0 Å². The van der Waals surface area contributed by atoms with E-state index in [4.69, 9.17) is 10.6 Å². The topological polar surface area (TPSA) is 77.2 Å². The zero-order valence-electron chi connectivity index (χ0n) is 10.3. The second-order valence-electron chi connectivity index (χ2n) is 3.58. The van der Waals surface area contributed by atoms with Gasteiger partial charge in [0.1, 0.15) is 5.75 Å². The van der Waals surface area contributed by atoms with Gasteiger partial charge < -0.3 is 4.74 Å². The number of nitrogens with zero attached hydrogens (tertiary/aromatic N) is 1. The largest absolute Gasteiger partial charge is 0.497 e. The van der Waals surface area contributed by atoms with E-state index >= 15 is 0 Å². The highest BCUT2D eigenvalue weighted by atomic mass is 32.2. The van der Waals surface area contributed by atoms with Crippen molar-refractivity contribution in [3.05, 3.63) is 40.3 Å². The Morgan fingerprint density at radius 3 is 2.84 bits per heavy atom. The third-order valence-corrected chi connectivity index (χ3v) is 4.26. The zero-order chi connectivity index (χ0) is 13.7. The standard InChI is InChI=1S/C12H13N3O2S2/c1-17-9-2-4-10(5-3-9)18-6-8-7-19-12(14-8)11(16)15-13/h2-5,7H,6,13H2,1H3,(H,15,16). The van der Waals surface area contributed by atoms with Crippen molar-refractivity contribution in [3.63, 3.8) is 0 Å². The highest BCUT2D eigenvalue weighted by Gasteiger charge is 2.09. The van der Waals surface area contributed by atoms with Crippen LogP contribution in [-0.4, -0.2) is 18.0 Å². The molecule has 1 heterocycles. The van der Waals surface area contributed by atoms with Crippen molar-refractivity contribution in [2.24, 2.45) is 5.84 Å². The summed E-state index contributed by atoms with van der Waals surface area (Å²) in [4.78, 5) is 16.6. The van der Waals surface area contributed by atoms with E-state index in [1.807, 2.05) is 29.6 Å². The Morgan fingerprint density at radius 2 is 2.21 bits per heavy atom. The number of nitrogen functional groups attached to an aromatic ring is 1. The number of nitrogens with two attached hydrogens (primary N) is 1. The zero-order valence-corrected chi connectivity index (χ0v) is 11.9. The number of thiazole rings is 1. The minimum atomic E-state index is -0.356. The summed E-state index contributed by atoms with van der Waals surface area (Å²) in [6.07, 6.45) is 0. The molecule has 2 rings (SSSR count). The molecule has 0 atom stereocenters. The first-order valence-electron chi connectivity index (χ1n) is 5.45. The fourth-order valence-electron chi connectivity index (χ4n) is 1.37. The summed E-state index contributed by atoms with van der Waals surface area (Å²) >= 11 is 2.94. The molecule has 3 N–H and O–H groups in total. The number of rotatable bonds is 5. The third kappa shape index (κ3) is 3.69. The molecule has 7 heteroatoms. The van der Waals surface area contributed by atoms with Crippen LogP contribution in [0.25, 0.3) is 0 Å². The third-order valence-electron chi connectivity index (χ3n) is 2.32. The van der Waals surface area contributed by atoms with Gasteiger partial charge in [-0.3, -0.25) is 10.2 Å². The average molecular weight is 295 g/mol. The number of amides is 1. The van der Waals surface area contributed by atoms with Gasteiger partial charge in [-0.1, -0.05) is 0 Å². The van der Waals surface area contributed by atoms with Crippen molar-refractivity contribution in [2.45, 2.75) is 10.6 Å². The maximum atomic E-state index is 11.3. The van der Waals surface area contributed by atoms with Crippen LogP contribution in [0.4, 0.5) is 0 Å². The summed E-state index contributed by atoms with van der Waals surface area (Å²) in [5.41, 5.74) is 2.93. The van der Waals surface area contributed by atoms with E-state index in [1.165, 1.54) is 11.3 Å². The van der Waals surface area contributed by atoms with Crippen molar-refractivity contribution >= 4 is 29.0 Å². The Kier molecular flexibility index (Phi) is 4.78. The highest BCUT2D eigenvalue weighted by Crippen LogP contribution is 2.25. The highest BCUT2D eigenvalue weighted by molar-refractivity contribution is 7.98. The molecule has 0 fully saturated rings. The average Bonchev–Trinajstić information content (AvgIpc) is 2.93. The molecule has 0 spiro atoms. The monoisotopic (exact) mass is 295 g/mol. The van der Waals surface area contributed by atoms with Gasteiger partial charge >= 0.3 is 0 Å². The van der Waals surface area contributed by atoms with Crippen molar-refractivity contribution in [3.8, 4) is 5.75 Å². The van der Waals surface area contributed by atoms with Crippen LogP contribution in [0, 0.1) is 0 Å². The second kappa shape index (κ2) is 6.55. The quantitative estimate of drug-likeness (QED) is 0.382. The number of benzene rings is 1. The smallest absolute Gasteiger partial charge is 0.294 e. The Balaban J connectivity index is 1.94. The lowest BCUT2D eigenvalue weighted by atomic mass is 10.3. The molecule has 0 aliphatic carbocycles. The Hall–Kier alpha value is -1.57. The fraction of sp³-hybridized carbons (Fsp3) is 0.167. The number of carbonyl (C=O) groups is 1. The first-order valence-corrected chi connectivity index (χ1v) is 7.31. The van der Waals surface area contributed by atoms with Crippen molar-refractivity contribution in [1.82, 2.24) is 10.4 Å². The van der Waals surface area contributed by atoms with E-state index in [1.54, 1.807) is 18.9 Å². The van der Waals surface area contributed by atoms with Gasteiger partial charge in [-0.25, -0.2) is 10.8 Å². The number of hydrazine groups is 1. The van der Waals surface area contributed by atoms with Crippen LogP contribution in [0.15, 0.2) is 34.5 Å². The number of nitrogens with one attached hydrogen (secondary N) is 1. The summed E-state index contributed by atoms with van der Waals surface area (Å²) in [7, 11) is 1.64. The van der Waals surface area contributed by atoms with E-state index < -0.39 is 0 Å². The van der Waals surface area contributed by atoms with Crippen LogP contribution in [0.1, 0.15) is 15.5 Å². The Bertz CT molecular complexity index is 554. The molecule has 1 aromatic heterocycles. The van der Waals surface area contributed by atoms with Crippen LogP contribution in [-0.2, 0) is 5.75 Å². The first kappa shape index (κ1) is 13.9. The maximum absolute atomic E-state index is 11.3. The molecule has 0 saturated heterocycles. The number of thioether (sulfide) groups is 1. The minimum Gasteiger partial charge on any atom is -0.497 e. The lowest BCUT2D eigenvalue weighted by molar-refractivity contribution is 0.0953. The van der Waals surface area contributed by atoms with Gasteiger partial charge in [0.15, 0.2) is 5.01 Å². The van der Waals surface area contributed by atoms with Crippen LogP contribution >= 0.6 is 23.1 Å². The van der Waals surface area contributed by atoms with Crippen molar-refractivity contribution in [2.75, 3.05) is 7.11 Å². The van der Waals surface area contributed by atoms with E-state index in [9.17, 15) is 4.79 Å². The number of hydrogen-bond donors (Lipinski definition) is 2. The van der Waals surface area contributed by atoms with Gasteiger partial charge in [0.2, 0.25) is 0 Å². The summed E-state index contributed by atoms with van der Waals surface area (Å²) in [6.45, 7) is 0. The number of aromatic nitrogens is 1. The lowest BCUT2D eigenvalue weighted by Gasteiger charge is -2.02. The fourth-order valence-corrected chi connectivity index (χ4v) is 2.98. The molecule has 2 aromatic rings. The maximum Gasteiger partial charge on any atom is 0.294 e. The van der Waals surface area contributed by atoms with Gasteiger partial charge in [0.05, 0.1) is 12.8 Å². The van der Waals surface area contributed by atoms with E-state index in [2.05, 4.69) is 10.4 Å². The van der Waals surface area contributed by atoms with Crippen LogP contribution in [0.2, 0.25) is 0 Å². The predicted octanol–water partition coefficient (Wildman–Crippen LogP) is 2.05. The molecule has 0 aliphatic rings. The van der Waals surface area contributed by atoms with Crippen molar-refractivity contribution < 1.29 is 9.53 Å². The van der Waals surface area contributed by atoms with Gasteiger partial charge in [0, 0.05) is 16.0 Å².